The Morgan fingerprint density at radius 3 is 2.27 bits per heavy atom. The second-order valence-corrected chi connectivity index (χ2v) is 12.8. The zero-order valence-electron chi connectivity index (χ0n) is 20.4. The SMILES string of the molecule is C=C(CC[C@@H](C)[C@H]1CC[C@H]2[C@@H]3C[C@H](O)C4C[C@@H](O)CC[C@]4(C)[C@H]3CC[C@]12C)C(C)C. The standard InChI is InChI=1S/C28H48O2/c1-17(2)18(3)7-8-19(4)22-9-10-23-21-16-26(30)25-15-20(29)11-13-28(25,6)24(21)12-14-27(22,23)5/h17,19-26,29-30H,3,7-16H2,1-2,4-6H3/t19-,20+,21+,22-,23+,24+,25?,26+,27-,28-/m1/s1. The van der Waals surface area contributed by atoms with Gasteiger partial charge in [-0.2, -0.15) is 0 Å². The van der Waals surface area contributed by atoms with Crippen molar-refractivity contribution in [3.05, 3.63) is 12.2 Å². The highest BCUT2D eigenvalue weighted by molar-refractivity contribution is 5.11. The molecule has 0 aromatic heterocycles. The predicted molar refractivity (Wildman–Crippen MR) is 125 cm³/mol. The number of hydrogen-bond donors (Lipinski definition) is 2. The maximum Gasteiger partial charge on any atom is 0.0577 e. The minimum atomic E-state index is -0.209. The van der Waals surface area contributed by atoms with Gasteiger partial charge in [0.15, 0.2) is 0 Å². The molecule has 0 spiro atoms. The lowest BCUT2D eigenvalue weighted by molar-refractivity contribution is -0.172. The molecule has 4 saturated carbocycles. The van der Waals surface area contributed by atoms with E-state index in [-0.39, 0.29) is 17.6 Å². The van der Waals surface area contributed by atoms with E-state index in [1.165, 1.54) is 44.1 Å². The Bertz CT molecular complexity index is 641. The van der Waals surface area contributed by atoms with Crippen LogP contribution in [0.25, 0.3) is 0 Å². The minimum Gasteiger partial charge on any atom is -0.393 e. The van der Waals surface area contributed by atoms with Crippen LogP contribution >= 0.6 is 0 Å². The summed E-state index contributed by atoms with van der Waals surface area (Å²) in [5.41, 5.74) is 2.11. The number of allylic oxidation sites excluding steroid dienone is 1. The first-order valence-electron chi connectivity index (χ1n) is 13.1. The second kappa shape index (κ2) is 8.22. The van der Waals surface area contributed by atoms with Gasteiger partial charge in [-0.3, -0.25) is 0 Å². The van der Waals surface area contributed by atoms with Gasteiger partial charge in [-0.25, -0.2) is 0 Å². The molecule has 4 aliphatic rings. The van der Waals surface area contributed by atoms with Gasteiger partial charge in [0.2, 0.25) is 0 Å². The van der Waals surface area contributed by atoms with E-state index in [4.69, 9.17) is 0 Å². The number of aliphatic hydroxyl groups is 2. The van der Waals surface area contributed by atoms with Gasteiger partial charge in [0.05, 0.1) is 12.2 Å². The molecule has 4 rings (SSSR count). The van der Waals surface area contributed by atoms with E-state index in [1.54, 1.807) is 0 Å². The van der Waals surface area contributed by atoms with Gasteiger partial charge >= 0.3 is 0 Å². The molecule has 0 amide bonds. The first-order chi connectivity index (χ1) is 14.1. The molecule has 30 heavy (non-hydrogen) atoms. The van der Waals surface area contributed by atoms with Crippen LogP contribution in [0, 0.1) is 52.3 Å². The quantitative estimate of drug-likeness (QED) is 0.495. The Hall–Kier alpha value is -0.340. The van der Waals surface area contributed by atoms with Crippen LogP contribution in [0.2, 0.25) is 0 Å². The highest BCUT2D eigenvalue weighted by atomic mass is 16.3. The molecule has 0 aromatic carbocycles. The summed E-state index contributed by atoms with van der Waals surface area (Å²) in [6.45, 7) is 16.5. The van der Waals surface area contributed by atoms with E-state index in [9.17, 15) is 10.2 Å². The van der Waals surface area contributed by atoms with Crippen molar-refractivity contribution in [2.45, 2.75) is 111 Å². The Morgan fingerprint density at radius 2 is 1.57 bits per heavy atom. The molecule has 0 heterocycles. The second-order valence-electron chi connectivity index (χ2n) is 12.8. The molecule has 2 nitrogen and oxygen atoms in total. The van der Waals surface area contributed by atoms with Crippen molar-refractivity contribution < 1.29 is 10.2 Å². The molecule has 4 aliphatic carbocycles. The van der Waals surface area contributed by atoms with Crippen LogP contribution in [-0.4, -0.2) is 22.4 Å². The van der Waals surface area contributed by atoms with Crippen molar-refractivity contribution in [3.63, 3.8) is 0 Å². The van der Waals surface area contributed by atoms with Gasteiger partial charge in [0.25, 0.3) is 0 Å². The minimum absolute atomic E-state index is 0.194. The predicted octanol–water partition coefficient (Wildman–Crippen LogP) is 6.61. The summed E-state index contributed by atoms with van der Waals surface area (Å²) in [7, 11) is 0. The van der Waals surface area contributed by atoms with Crippen molar-refractivity contribution in [1.29, 1.82) is 0 Å². The molecule has 10 atom stereocenters. The van der Waals surface area contributed by atoms with Crippen LogP contribution in [0.4, 0.5) is 0 Å². The van der Waals surface area contributed by atoms with E-state index in [0.29, 0.717) is 23.2 Å². The average Bonchev–Trinajstić information content (AvgIpc) is 3.04. The monoisotopic (exact) mass is 416 g/mol. The average molecular weight is 417 g/mol. The molecule has 4 fully saturated rings. The van der Waals surface area contributed by atoms with E-state index in [0.717, 1.165) is 49.4 Å². The molecular formula is C28H48O2. The van der Waals surface area contributed by atoms with Gasteiger partial charge in [0.1, 0.15) is 0 Å². The molecule has 0 aliphatic heterocycles. The lowest BCUT2D eigenvalue weighted by atomic mass is 9.43. The largest absolute Gasteiger partial charge is 0.393 e. The molecule has 0 aromatic rings. The third kappa shape index (κ3) is 3.62. The van der Waals surface area contributed by atoms with Gasteiger partial charge in [-0.15, -0.1) is 0 Å². The van der Waals surface area contributed by atoms with Crippen LogP contribution in [-0.2, 0) is 0 Å². The van der Waals surface area contributed by atoms with Crippen LogP contribution in [0.15, 0.2) is 12.2 Å². The summed E-state index contributed by atoms with van der Waals surface area (Å²) in [4.78, 5) is 0. The molecule has 172 valence electrons. The van der Waals surface area contributed by atoms with Crippen LogP contribution in [0.3, 0.4) is 0 Å². The van der Waals surface area contributed by atoms with Crippen LogP contribution in [0.1, 0.15) is 98.8 Å². The van der Waals surface area contributed by atoms with Crippen LogP contribution in [0.5, 0.6) is 0 Å². The van der Waals surface area contributed by atoms with Gasteiger partial charge in [0, 0.05) is 0 Å². The van der Waals surface area contributed by atoms with Crippen molar-refractivity contribution in [1.82, 2.24) is 0 Å². The molecule has 2 heteroatoms. The van der Waals surface area contributed by atoms with Crippen molar-refractivity contribution >= 4 is 0 Å². The van der Waals surface area contributed by atoms with Crippen molar-refractivity contribution in [2.75, 3.05) is 0 Å². The third-order valence-corrected chi connectivity index (χ3v) is 11.1. The van der Waals surface area contributed by atoms with Gasteiger partial charge < -0.3 is 10.2 Å². The summed E-state index contributed by atoms with van der Waals surface area (Å²) >= 11 is 0. The highest BCUT2D eigenvalue weighted by Gasteiger charge is 2.62. The summed E-state index contributed by atoms with van der Waals surface area (Å²) in [6, 6.07) is 0. The molecule has 0 bridgehead atoms. The smallest absolute Gasteiger partial charge is 0.0577 e. The molecule has 0 radical (unpaired) electrons. The maximum atomic E-state index is 11.2. The summed E-state index contributed by atoms with van der Waals surface area (Å²) in [6.07, 6.45) is 11.4. The zero-order chi connectivity index (χ0) is 21.8. The van der Waals surface area contributed by atoms with Crippen molar-refractivity contribution in [3.8, 4) is 0 Å². The fourth-order valence-electron chi connectivity index (χ4n) is 9.16. The fourth-order valence-corrected chi connectivity index (χ4v) is 9.16. The lowest BCUT2D eigenvalue weighted by Crippen LogP contribution is -2.58. The first kappa shape index (κ1) is 22.8. The maximum absolute atomic E-state index is 11.2. The number of aliphatic hydroxyl groups excluding tert-OH is 2. The lowest BCUT2D eigenvalue weighted by Gasteiger charge is -2.62. The summed E-state index contributed by atoms with van der Waals surface area (Å²) in [5.74, 6) is 4.75. The third-order valence-electron chi connectivity index (χ3n) is 11.1. The normalized spacial score (nSPS) is 49.3. The van der Waals surface area contributed by atoms with Gasteiger partial charge in [-0.1, -0.05) is 46.8 Å². The zero-order valence-corrected chi connectivity index (χ0v) is 20.4. The van der Waals surface area contributed by atoms with E-state index in [1.807, 2.05) is 0 Å². The molecule has 2 N–H and O–H groups in total. The van der Waals surface area contributed by atoms with Gasteiger partial charge in [-0.05, 0) is 116 Å². The van der Waals surface area contributed by atoms with Crippen molar-refractivity contribution in [2.24, 2.45) is 52.3 Å². The van der Waals surface area contributed by atoms with E-state index >= 15 is 0 Å². The molecule has 1 unspecified atom stereocenters. The molecule has 0 saturated heterocycles. The summed E-state index contributed by atoms with van der Waals surface area (Å²) < 4.78 is 0. The fraction of sp³-hybridized carbons (Fsp3) is 0.929. The number of rotatable bonds is 5. The highest BCUT2D eigenvalue weighted by Crippen LogP contribution is 2.68. The van der Waals surface area contributed by atoms with E-state index in [2.05, 4.69) is 41.2 Å². The first-order valence-corrected chi connectivity index (χ1v) is 13.1. The number of hydrogen-bond acceptors (Lipinski definition) is 2. The Morgan fingerprint density at radius 1 is 0.900 bits per heavy atom. The Balaban J connectivity index is 1.50. The molecular weight excluding hydrogens is 368 g/mol. The topological polar surface area (TPSA) is 40.5 Å². The summed E-state index contributed by atoms with van der Waals surface area (Å²) in [5, 5.41) is 21.5. The Labute approximate surface area is 185 Å². The number of fused-ring (bicyclic) bond motifs is 5. The van der Waals surface area contributed by atoms with E-state index < -0.39 is 0 Å². The Kier molecular flexibility index (Phi) is 6.26. The van der Waals surface area contributed by atoms with Crippen LogP contribution < -0.4 is 0 Å².